The van der Waals surface area contributed by atoms with Crippen LogP contribution in [0.15, 0.2) is 97.1 Å². The van der Waals surface area contributed by atoms with Crippen molar-refractivity contribution in [1.29, 1.82) is 0 Å². The van der Waals surface area contributed by atoms with Crippen molar-refractivity contribution in [3.63, 3.8) is 0 Å². The summed E-state index contributed by atoms with van der Waals surface area (Å²) < 4.78 is 54.5. The van der Waals surface area contributed by atoms with Gasteiger partial charge in [0.05, 0.1) is 0 Å². The smallest absolute Gasteiger partial charge is 0.402 e. The maximum absolute atomic E-state index is 14.4. The summed E-state index contributed by atoms with van der Waals surface area (Å²) in [6.45, 7) is 1.16. The van der Waals surface area contributed by atoms with E-state index >= 15 is 0 Å². The quantitative estimate of drug-likeness (QED) is 0.294. The van der Waals surface area contributed by atoms with Crippen LogP contribution < -0.4 is 20.9 Å². The standard InChI is InChI=1S/C27H23F3N2O2/c1-26(27(28,29)30,18-8-12-22(13-9-18)33-24-6-2-4-20(31)16-24)19-10-14-23(15-11-19)34-25-7-3-5-21(32)17-25/h2-17H,31-32H2,1H3. The number of rotatable bonds is 6. The van der Waals surface area contributed by atoms with Crippen LogP contribution in [-0.4, -0.2) is 6.18 Å². The molecule has 4 nitrogen and oxygen atoms in total. The Morgan fingerprint density at radius 1 is 0.559 bits per heavy atom. The van der Waals surface area contributed by atoms with Crippen LogP contribution in [-0.2, 0) is 5.41 Å². The summed E-state index contributed by atoms with van der Waals surface area (Å²) in [6, 6.07) is 25.4. The molecule has 0 fully saturated rings. The summed E-state index contributed by atoms with van der Waals surface area (Å²) in [5.41, 5.74) is 10.5. The normalized spacial score (nSPS) is 11.8. The van der Waals surface area contributed by atoms with Gasteiger partial charge in [0.2, 0.25) is 0 Å². The molecule has 0 atom stereocenters. The molecule has 0 saturated heterocycles. The fraction of sp³-hybridized carbons (Fsp3) is 0.111. The number of nitrogen functional groups attached to an aromatic ring is 2. The average Bonchev–Trinajstić information content (AvgIpc) is 2.79. The van der Waals surface area contributed by atoms with E-state index in [9.17, 15) is 13.2 Å². The van der Waals surface area contributed by atoms with Gasteiger partial charge in [-0.05, 0) is 66.6 Å². The number of anilines is 2. The van der Waals surface area contributed by atoms with Gasteiger partial charge in [-0.15, -0.1) is 0 Å². The zero-order valence-corrected chi connectivity index (χ0v) is 18.3. The lowest BCUT2D eigenvalue weighted by Crippen LogP contribution is -2.40. The lowest BCUT2D eigenvalue weighted by molar-refractivity contribution is -0.173. The highest BCUT2D eigenvalue weighted by molar-refractivity contribution is 5.48. The third-order valence-electron chi connectivity index (χ3n) is 5.62. The summed E-state index contributed by atoms with van der Waals surface area (Å²) in [7, 11) is 0. The molecule has 0 aliphatic heterocycles. The Morgan fingerprint density at radius 2 is 0.941 bits per heavy atom. The maximum atomic E-state index is 14.4. The minimum Gasteiger partial charge on any atom is -0.457 e. The van der Waals surface area contributed by atoms with Crippen LogP contribution in [0.2, 0.25) is 0 Å². The maximum Gasteiger partial charge on any atom is 0.402 e. The minimum absolute atomic E-state index is 0.0874. The second-order valence-electron chi connectivity index (χ2n) is 8.02. The zero-order valence-electron chi connectivity index (χ0n) is 18.3. The number of nitrogens with two attached hydrogens (primary N) is 2. The van der Waals surface area contributed by atoms with Crippen molar-refractivity contribution >= 4 is 11.4 Å². The Hall–Kier alpha value is -4.13. The van der Waals surface area contributed by atoms with Crippen LogP contribution in [0, 0.1) is 0 Å². The first-order valence-electron chi connectivity index (χ1n) is 10.5. The first-order valence-corrected chi connectivity index (χ1v) is 10.5. The van der Waals surface area contributed by atoms with Crippen molar-refractivity contribution in [3.05, 3.63) is 108 Å². The van der Waals surface area contributed by atoms with E-state index in [1.54, 1.807) is 48.5 Å². The van der Waals surface area contributed by atoms with Crippen molar-refractivity contribution in [2.45, 2.75) is 18.5 Å². The summed E-state index contributed by atoms with van der Waals surface area (Å²) in [6.07, 6.45) is -4.54. The van der Waals surface area contributed by atoms with Gasteiger partial charge in [-0.25, -0.2) is 0 Å². The highest BCUT2D eigenvalue weighted by atomic mass is 19.4. The number of hydrogen-bond acceptors (Lipinski definition) is 4. The van der Waals surface area contributed by atoms with Crippen molar-refractivity contribution in [3.8, 4) is 23.0 Å². The molecule has 0 aliphatic rings. The molecule has 4 aromatic carbocycles. The van der Waals surface area contributed by atoms with Gasteiger partial charge in [0.1, 0.15) is 28.4 Å². The SMILES string of the molecule is CC(c1ccc(Oc2cccc(N)c2)cc1)(c1ccc(Oc2cccc(N)c2)cc1)C(F)(F)F. The molecule has 4 rings (SSSR count). The van der Waals surface area contributed by atoms with Gasteiger partial charge in [0, 0.05) is 23.5 Å². The highest BCUT2D eigenvalue weighted by Gasteiger charge is 2.53. The van der Waals surface area contributed by atoms with Crippen molar-refractivity contribution in [2.75, 3.05) is 11.5 Å². The van der Waals surface area contributed by atoms with Crippen LogP contribution in [0.4, 0.5) is 24.5 Å². The lowest BCUT2D eigenvalue weighted by atomic mass is 9.75. The van der Waals surface area contributed by atoms with Crippen LogP contribution in [0.25, 0.3) is 0 Å². The topological polar surface area (TPSA) is 70.5 Å². The molecule has 4 aromatic rings. The van der Waals surface area contributed by atoms with Gasteiger partial charge in [0.25, 0.3) is 0 Å². The van der Waals surface area contributed by atoms with Crippen molar-refractivity contribution in [2.24, 2.45) is 0 Å². The Kier molecular flexibility index (Phi) is 6.11. The molecule has 4 N–H and O–H groups in total. The van der Waals surface area contributed by atoms with Crippen LogP contribution in [0.3, 0.4) is 0 Å². The van der Waals surface area contributed by atoms with Gasteiger partial charge < -0.3 is 20.9 Å². The number of benzene rings is 4. The Morgan fingerprint density at radius 3 is 1.26 bits per heavy atom. The lowest BCUT2D eigenvalue weighted by Gasteiger charge is -2.33. The van der Waals surface area contributed by atoms with Gasteiger partial charge >= 0.3 is 6.18 Å². The third kappa shape index (κ3) is 4.78. The molecule has 0 spiro atoms. The van der Waals surface area contributed by atoms with Crippen LogP contribution in [0.1, 0.15) is 18.1 Å². The summed E-state index contributed by atoms with van der Waals surface area (Å²) in [5.74, 6) is 1.82. The van der Waals surface area contributed by atoms with Gasteiger partial charge in [-0.2, -0.15) is 13.2 Å². The first kappa shape index (κ1) is 23.0. The first-order chi connectivity index (χ1) is 16.1. The van der Waals surface area contributed by atoms with E-state index in [1.807, 2.05) is 0 Å². The number of halogens is 3. The fourth-order valence-corrected chi connectivity index (χ4v) is 3.63. The molecule has 0 unspecified atom stereocenters. The van der Waals surface area contributed by atoms with E-state index in [0.717, 1.165) is 6.92 Å². The molecule has 0 saturated carbocycles. The second-order valence-corrected chi connectivity index (χ2v) is 8.02. The monoisotopic (exact) mass is 464 g/mol. The van der Waals surface area contributed by atoms with E-state index in [4.69, 9.17) is 20.9 Å². The highest BCUT2D eigenvalue weighted by Crippen LogP contribution is 2.47. The molecule has 0 aromatic heterocycles. The van der Waals surface area contributed by atoms with Gasteiger partial charge in [-0.3, -0.25) is 0 Å². The van der Waals surface area contributed by atoms with Crippen molar-refractivity contribution in [1.82, 2.24) is 0 Å². The summed E-state index contributed by atoms with van der Waals surface area (Å²) in [4.78, 5) is 0. The predicted molar refractivity (Wildman–Crippen MR) is 127 cm³/mol. The molecule has 7 heteroatoms. The summed E-state index contributed by atoms with van der Waals surface area (Å²) >= 11 is 0. The molecular weight excluding hydrogens is 441 g/mol. The molecular formula is C27H23F3N2O2. The van der Waals surface area contributed by atoms with Crippen LogP contribution in [0.5, 0.6) is 23.0 Å². The molecule has 0 heterocycles. The number of ether oxygens (including phenoxy) is 2. The van der Waals surface area contributed by atoms with Crippen molar-refractivity contribution < 1.29 is 22.6 Å². The predicted octanol–water partition coefficient (Wildman–Crippen LogP) is 7.30. The Balaban J connectivity index is 1.60. The Bertz CT molecular complexity index is 1180. The van der Waals surface area contributed by atoms with Gasteiger partial charge in [-0.1, -0.05) is 36.4 Å². The average molecular weight is 464 g/mol. The number of alkyl halides is 3. The number of hydrogen-bond donors (Lipinski definition) is 2. The molecule has 174 valence electrons. The molecule has 0 radical (unpaired) electrons. The molecule has 0 bridgehead atoms. The molecule has 0 amide bonds. The van der Waals surface area contributed by atoms with E-state index in [0.29, 0.717) is 34.4 Å². The Labute approximate surface area is 195 Å². The van der Waals surface area contributed by atoms with E-state index < -0.39 is 11.6 Å². The van der Waals surface area contributed by atoms with E-state index in [1.165, 1.54) is 48.5 Å². The molecule has 0 aliphatic carbocycles. The summed E-state index contributed by atoms with van der Waals surface area (Å²) in [5, 5.41) is 0. The zero-order chi connectivity index (χ0) is 24.3. The third-order valence-corrected chi connectivity index (χ3v) is 5.62. The molecule has 34 heavy (non-hydrogen) atoms. The fourth-order valence-electron chi connectivity index (χ4n) is 3.63. The van der Waals surface area contributed by atoms with Gasteiger partial charge in [0.15, 0.2) is 0 Å². The van der Waals surface area contributed by atoms with Crippen LogP contribution >= 0.6 is 0 Å². The second kappa shape index (κ2) is 9.02. The van der Waals surface area contributed by atoms with E-state index in [2.05, 4.69) is 0 Å². The minimum atomic E-state index is -4.54. The largest absolute Gasteiger partial charge is 0.457 e. The van der Waals surface area contributed by atoms with E-state index in [-0.39, 0.29) is 11.1 Å².